The van der Waals surface area contributed by atoms with Gasteiger partial charge in [-0.05, 0) is 44.0 Å². The highest BCUT2D eigenvalue weighted by Gasteiger charge is 2.23. The number of hydrogen-bond acceptors (Lipinski definition) is 4. The van der Waals surface area contributed by atoms with Crippen LogP contribution in [0.15, 0.2) is 24.3 Å². The van der Waals surface area contributed by atoms with Gasteiger partial charge in [-0.25, -0.2) is 4.98 Å². The van der Waals surface area contributed by atoms with Gasteiger partial charge in [0.2, 0.25) is 0 Å². The van der Waals surface area contributed by atoms with E-state index in [0.29, 0.717) is 22.2 Å². The first-order valence-corrected chi connectivity index (χ1v) is 8.67. The van der Waals surface area contributed by atoms with E-state index < -0.39 is 0 Å². The lowest BCUT2D eigenvalue weighted by Crippen LogP contribution is -2.45. The SMILES string of the molecule is Cc1ccc(C(=O)NC2CCN(c3cc(C#N)cc(Cl)n3)CC2)n1Cl. The molecule has 1 amide bonds. The van der Waals surface area contributed by atoms with Crippen molar-refractivity contribution >= 4 is 35.1 Å². The Balaban J connectivity index is 1.61. The van der Waals surface area contributed by atoms with Crippen LogP contribution in [0.25, 0.3) is 0 Å². The molecule has 3 rings (SSSR count). The fourth-order valence-corrected chi connectivity index (χ4v) is 3.30. The number of aromatic nitrogens is 2. The smallest absolute Gasteiger partial charge is 0.269 e. The number of halogens is 2. The van der Waals surface area contributed by atoms with E-state index in [1.807, 2.05) is 13.0 Å². The van der Waals surface area contributed by atoms with Crippen molar-refractivity contribution < 1.29 is 4.79 Å². The van der Waals surface area contributed by atoms with E-state index in [9.17, 15) is 4.79 Å². The fourth-order valence-electron chi connectivity index (χ4n) is 2.91. The summed E-state index contributed by atoms with van der Waals surface area (Å²) in [5, 5.41) is 12.4. The molecule has 1 saturated heterocycles. The van der Waals surface area contributed by atoms with Crippen molar-refractivity contribution in [3.63, 3.8) is 0 Å². The molecule has 0 radical (unpaired) electrons. The molecule has 0 aromatic carbocycles. The highest BCUT2D eigenvalue weighted by atomic mass is 35.5. The number of pyridine rings is 1. The second kappa shape index (κ2) is 7.34. The molecule has 0 atom stereocenters. The summed E-state index contributed by atoms with van der Waals surface area (Å²) in [6, 6.07) is 8.95. The van der Waals surface area contributed by atoms with Gasteiger partial charge in [0.25, 0.3) is 5.91 Å². The standard InChI is InChI=1S/C17H17Cl2N5O/c1-11-2-3-14(24(11)19)17(25)21-13-4-6-23(7-5-13)16-9-12(10-20)8-15(18)22-16/h2-3,8-9,13H,4-7H2,1H3,(H,21,25). The molecule has 1 fully saturated rings. The number of hydrogen-bond donors (Lipinski definition) is 1. The third-order valence-corrected chi connectivity index (χ3v) is 4.94. The second-order valence-electron chi connectivity index (χ2n) is 6.02. The molecule has 3 heterocycles. The number of carbonyl (C=O) groups excluding carboxylic acids is 1. The topological polar surface area (TPSA) is 74.0 Å². The third kappa shape index (κ3) is 3.89. The summed E-state index contributed by atoms with van der Waals surface area (Å²) in [7, 11) is 0. The van der Waals surface area contributed by atoms with Crippen LogP contribution in [0.1, 0.15) is 34.6 Å². The maximum Gasteiger partial charge on any atom is 0.269 e. The van der Waals surface area contributed by atoms with Crippen molar-refractivity contribution in [2.75, 3.05) is 18.0 Å². The monoisotopic (exact) mass is 377 g/mol. The molecule has 0 spiro atoms. The lowest BCUT2D eigenvalue weighted by Gasteiger charge is -2.33. The number of carbonyl (C=O) groups is 1. The molecule has 6 nitrogen and oxygen atoms in total. The Hall–Kier alpha value is -2.23. The zero-order valence-corrected chi connectivity index (χ0v) is 15.2. The highest BCUT2D eigenvalue weighted by molar-refractivity contribution is 6.29. The van der Waals surface area contributed by atoms with Gasteiger partial charge in [0.05, 0.1) is 11.6 Å². The molecule has 0 aliphatic carbocycles. The Labute approximate surface area is 156 Å². The third-order valence-electron chi connectivity index (χ3n) is 4.30. The Kier molecular flexibility index (Phi) is 5.16. The lowest BCUT2D eigenvalue weighted by molar-refractivity contribution is 0.0925. The Bertz CT molecular complexity index is 834. The van der Waals surface area contributed by atoms with Gasteiger partial charge >= 0.3 is 0 Å². The van der Waals surface area contributed by atoms with Gasteiger partial charge < -0.3 is 10.2 Å². The number of nitrogens with zero attached hydrogens (tertiary/aromatic N) is 4. The molecular weight excluding hydrogens is 361 g/mol. The lowest BCUT2D eigenvalue weighted by atomic mass is 10.0. The minimum atomic E-state index is -0.172. The molecule has 2 aromatic rings. The first kappa shape index (κ1) is 17.6. The van der Waals surface area contributed by atoms with E-state index in [4.69, 9.17) is 28.6 Å². The average Bonchev–Trinajstić information content (AvgIpc) is 2.94. The number of nitriles is 1. The van der Waals surface area contributed by atoms with Crippen molar-refractivity contribution in [2.24, 2.45) is 0 Å². The number of piperidine rings is 1. The molecule has 8 heteroatoms. The molecule has 1 aliphatic rings. The van der Waals surface area contributed by atoms with E-state index in [1.165, 1.54) is 4.09 Å². The Morgan fingerprint density at radius 3 is 2.68 bits per heavy atom. The van der Waals surface area contributed by atoms with Gasteiger partial charge in [0, 0.05) is 36.6 Å². The molecule has 0 saturated carbocycles. The summed E-state index contributed by atoms with van der Waals surface area (Å²) in [4.78, 5) is 18.7. The number of nitrogens with one attached hydrogen (secondary N) is 1. The minimum Gasteiger partial charge on any atom is -0.356 e. The van der Waals surface area contributed by atoms with Gasteiger partial charge in [0.1, 0.15) is 16.7 Å². The van der Waals surface area contributed by atoms with Crippen LogP contribution >= 0.6 is 23.4 Å². The predicted octanol–water partition coefficient (Wildman–Crippen LogP) is 3.12. The van der Waals surface area contributed by atoms with E-state index >= 15 is 0 Å². The quantitative estimate of drug-likeness (QED) is 0.833. The fraction of sp³-hybridized carbons (Fsp3) is 0.353. The number of amides is 1. The van der Waals surface area contributed by atoms with Gasteiger partial charge in [-0.3, -0.25) is 8.88 Å². The molecule has 1 N–H and O–H groups in total. The van der Waals surface area contributed by atoms with Crippen LogP contribution in [0.2, 0.25) is 5.15 Å². The molecule has 0 unspecified atom stereocenters. The highest BCUT2D eigenvalue weighted by Crippen LogP contribution is 2.22. The van der Waals surface area contributed by atoms with Crippen LogP contribution < -0.4 is 10.2 Å². The molecular formula is C17H17Cl2N5O. The van der Waals surface area contributed by atoms with E-state index in [1.54, 1.807) is 18.2 Å². The van der Waals surface area contributed by atoms with Gasteiger partial charge in [-0.15, -0.1) is 0 Å². The Morgan fingerprint density at radius 1 is 1.36 bits per heavy atom. The van der Waals surface area contributed by atoms with Crippen molar-refractivity contribution in [1.82, 2.24) is 14.4 Å². The van der Waals surface area contributed by atoms with Crippen molar-refractivity contribution in [1.29, 1.82) is 5.26 Å². The van der Waals surface area contributed by atoms with Crippen LogP contribution in [-0.4, -0.2) is 34.1 Å². The first-order chi connectivity index (χ1) is 12.0. The van der Waals surface area contributed by atoms with Gasteiger partial charge in [-0.2, -0.15) is 5.26 Å². The van der Waals surface area contributed by atoms with E-state index in [2.05, 4.69) is 21.3 Å². The molecule has 2 aromatic heterocycles. The summed E-state index contributed by atoms with van der Waals surface area (Å²) in [5.41, 5.74) is 1.75. The minimum absolute atomic E-state index is 0.0743. The number of anilines is 1. The molecule has 0 bridgehead atoms. The van der Waals surface area contributed by atoms with Crippen molar-refractivity contribution in [3.8, 4) is 6.07 Å². The maximum absolute atomic E-state index is 12.3. The summed E-state index contributed by atoms with van der Waals surface area (Å²) in [5.74, 6) is 0.522. The van der Waals surface area contributed by atoms with E-state index in [-0.39, 0.29) is 11.9 Å². The molecule has 1 aliphatic heterocycles. The van der Waals surface area contributed by atoms with Gasteiger partial charge in [-0.1, -0.05) is 11.6 Å². The maximum atomic E-state index is 12.3. The second-order valence-corrected chi connectivity index (χ2v) is 6.75. The first-order valence-electron chi connectivity index (χ1n) is 7.96. The normalized spacial score (nSPS) is 15.0. The Morgan fingerprint density at radius 2 is 2.08 bits per heavy atom. The van der Waals surface area contributed by atoms with Crippen LogP contribution in [0, 0.1) is 18.3 Å². The molecule has 130 valence electrons. The van der Waals surface area contributed by atoms with Crippen LogP contribution in [0.3, 0.4) is 0 Å². The largest absolute Gasteiger partial charge is 0.356 e. The zero-order chi connectivity index (χ0) is 18.0. The number of rotatable bonds is 3. The number of aryl methyl sites for hydroxylation is 1. The van der Waals surface area contributed by atoms with Crippen LogP contribution in [-0.2, 0) is 0 Å². The average molecular weight is 378 g/mol. The summed E-state index contributed by atoms with van der Waals surface area (Å²) in [6.45, 7) is 3.30. The van der Waals surface area contributed by atoms with Crippen LogP contribution in [0.5, 0.6) is 0 Å². The predicted molar refractivity (Wildman–Crippen MR) is 97.1 cm³/mol. The molecule has 25 heavy (non-hydrogen) atoms. The van der Waals surface area contributed by atoms with Gasteiger partial charge in [0.15, 0.2) is 0 Å². The van der Waals surface area contributed by atoms with Crippen molar-refractivity contribution in [3.05, 3.63) is 46.4 Å². The zero-order valence-electron chi connectivity index (χ0n) is 13.7. The van der Waals surface area contributed by atoms with Crippen molar-refractivity contribution in [2.45, 2.75) is 25.8 Å². The summed E-state index contributed by atoms with van der Waals surface area (Å²) in [6.07, 6.45) is 1.56. The summed E-state index contributed by atoms with van der Waals surface area (Å²) >= 11 is 12.0. The summed E-state index contributed by atoms with van der Waals surface area (Å²) < 4.78 is 1.36. The van der Waals surface area contributed by atoms with E-state index in [0.717, 1.165) is 31.6 Å². The van der Waals surface area contributed by atoms with Crippen LogP contribution in [0.4, 0.5) is 5.82 Å².